The van der Waals surface area contributed by atoms with Crippen LogP contribution in [0.4, 0.5) is 5.69 Å². The number of ether oxygens (including phenoxy) is 2. The van der Waals surface area contributed by atoms with Crippen LogP contribution in [-0.2, 0) is 7.05 Å². The highest BCUT2D eigenvalue weighted by Crippen LogP contribution is 2.30. The van der Waals surface area contributed by atoms with Gasteiger partial charge in [0.1, 0.15) is 17.2 Å². The average Bonchev–Trinajstić information content (AvgIpc) is 2.88. The van der Waals surface area contributed by atoms with Crippen LogP contribution in [0.3, 0.4) is 0 Å². The molecule has 0 saturated heterocycles. The van der Waals surface area contributed by atoms with Gasteiger partial charge in [0.05, 0.1) is 25.2 Å². The summed E-state index contributed by atoms with van der Waals surface area (Å²) in [4.78, 5) is 23.2. The summed E-state index contributed by atoms with van der Waals surface area (Å²) in [6, 6.07) is 4.75. The van der Waals surface area contributed by atoms with Crippen molar-refractivity contribution < 1.29 is 19.2 Å². The van der Waals surface area contributed by atoms with Gasteiger partial charge >= 0.3 is 5.69 Å². The smallest absolute Gasteiger partial charge is 0.322 e. The van der Waals surface area contributed by atoms with E-state index in [9.17, 15) is 14.9 Å². The third-order valence-corrected chi connectivity index (χ3v) is 3.84. The molecule has 0 saturated carbocycles. The molecule has 2 aromatic rings. The second-order valence-electron chi connectivity index (χ2n) is 5.47. The first-order valence-corrected chi connectivity index (χ1v) is 7.50. The second kappa shape index (κ2) is 7.20. The second-order valence-corrected chi connectivity index (χ2v) is 5.47. The Labute approximate surface area is 144 Å². The van der Waals surface area contributed by atoms with Crippen LogP contribution < -0.4 is 14.8 Å². The lowest BCUT2D eigenvalue weighted by molar-refractivity contribution is -0.385. The van der Waals surface area contributed by atoms with Crippen molar-refractivity contribution >= 4 is 11.6 Å². The van der Waals surface area contributed by atoms with Gasteiger partial charge in [-0.15, -0.1) is 0 Å². The molecule has 0 aliphatic heterocycles. The Morgan fingerprint density at radius 3 is 2.60 bits per heavy atom. The number of aryl methyl sites for hydroxylation is 2. The monoisotopic (exact) mass is 348 g/mol. The fourth-order valence-corrected chi connectivity index (χ4v) is 2.64. The van der Waals surface area contributed by atoms with E-state index < -0.39 is 16.9 Å². The van der Waals surface area contributed by atoms with E-state index in [1.807, 2.05) is 0 Å². The first-order valence-electron chi connectivity index (χ1n) is 7.50. The number of carbonyl (C=O) groups is 1. The number of nitro groups is 1. The molecule has 1 unspecified atom stereocenters. The number of aromatic nitrogens is 2. The molecule has 1 aromatic carbocycles. The number of nitrogens with zero attached hydrogens (tertiary/aromatic N) is 3. The SMILES string of the molecule is COc1ccc(OC)c(C(C)NC(=O)c2c([N+](=O)[O-])c(C)nn2C)c1. The van der Waals surface area contributed by atoms with E-state index in [-0.39, 0.29) is 17.1 Å². The normalized spacial score (nSPS) is 11.7. The molecule has 25 heavy (non-hydrogen) atoms. The third kappa shape index (κ3) is 3.54. The molecule has 0 bridgehead atoms. The lowest BCUT2D eigenvalue weighted by Gasteiger charge is -2.18. The number of amides is 1. The van der Waals surface area contributed by atoms with Crippen LogP contribution in [0.1, 0.15) is 34.7 Å². The van der Waals surface area contributed by atoms with Crippen LogP contribution in [0.25, 0.3) is 0 Å². The van der Waals surface area contributed by atoms with Crippen molar-refractivity contribution in [3.63, 3.8) is 0 Å². The number of hydrogen-bond donors (Lipinski definition) is 1. The lowest BCUT2D eigenvalue weighted by atomic mass is 10.1. The Bertz CT molecular complexity index is 815. The van der Waals surface area contributed by atoms with Gasteiger partial charge in [0.25, 0.3) is 5.91 Å². The Morgan fingerprint density at radius 2 is 2.04 bits per heavy atom. The highest BCUT2D eigenvalue weighted by Gasteiger charge is 2.30. The van der Waals surface area contributed by atoms with Crippen molar-refractivity contribution in [1.29, 1.82) is 0 Å². The van der Waals surface area contributed by atoms with Gasteiger partial charge in [-0.1, -0.05) is 0 Å². The zero-order chi connectivity index (χ0) is 18.7. The molecule has 2 rings (SSSR count). The zero-order valence-electron chi connectivity index (χ0n) is 14.7. The van der Waals surface area contributed by atoms with Gasteiger partial charge in [0, 0.05) is 12.6 Å². The predicted molar refractivity (Wildman–Crippen MR) is 90.0 cm³/mol. The minimum Gasteiger partial charge on any atom is -0.497 e. The molecule has 1 atom stereocenters. The fraction of sp³-hybridized carbons (Fsp3) is 0.375. The Hall–Kier alpha value is -3.10. The molecule has 0 aliphatic rings. The van der Waals surface area contributed by atoms with Crippen LogP contribution >= 0.6 is 0 Å². The molecular weight excluding hydrogens is 328 g/mol. The van der Waals surface area contributed by atoms with Crippen molar-refractivity contribution in [2.75, 3.05) is 14.2 Å². The lowest BCUT2D eigenvalue weighted by Crippen LogP contribution is -2.29. The molecule has 0 radical (unpaired) electrons. The highest BCUT2D eigenvalue weighted by atomic mass is 16.6. The maximum absolute atomic E-state index is 12.6. The van der Waals surface area contributed by atoms with E-state index in [0.717, 1.165) is 0 Å². The number of nitrogens with one attached hydrogen (secondary N) is 1. The number of rotatable bonds is 6. The van der Waals surface area contributed by atoms with Crippen molar-refractivity contribution in [2.45, 2.75) is 19.9 Å². The average molecular weight is 348 g/mol. The summed E-state index contributed by atoms with van der Waals surface area (Å²) in [5.74, 6) is 0.593. The van der Waals surface area contributed by atoms with Gasteiger partial charge in [-0.3, -0.25) is 19.6 Å². The summed E-state index contributed by atoms with van der Waals surface area (Å²) in [5, 5.41) is 17.9. The van der Waals surface area contributed by atoms with Crippen LogP contribution in [0.2, 0.25) is 0 Å². The van der Waals surface area contributed by atoms with E-state index in [0.29, 0.717) is 17.1 Å². The summed E-state index contributed by atoms with van der Waals surface area (Å²) >= 11 is 0. The number of methoxy groups -OCH3 is 2. The Balaban J connectivity index is 2.35. The quantitative estimate of drug-likeness (QED) is 0.633. The number of hydrogen-bond acceptors (Lipinski definition) is 6. The standard InChI is InChI=1S/C16H20N4O5/c1-9(12-8-11(24-4)6-7-13(12)25-5)17-16(21)15-14(20(22)23)10(2)18-19(15)3/h6-9H,1-5H3,(H,17,21). The largest absolute Gasteiger partial charge is 0.497 e. The molecule has 0 aliphatic carbocycles. The molecule has 9 heteroatoms. The van der Waals surface area contributed by atoms with Crippen LogP contribution in [0.5, 0.6) is 11.5 Å². The number of carbonyl (C=O) groups excluding carboxylic acids is 1. The summed E-state index contributed by atoms with van der Waals surface area (Å²) in [6.07, 6.45) is 0. The summed E-state index contributed by atoms with van der Waals surface area (Å²) in [7, 11) is 4.55. The molecule has 0 spiro atoms. The van der Waals surface area contributed by atoms with Gasteiger partial charge in [0.15, 0.2) is 0 Å². The summed E-state index contributed by atoms with van der Waals surface area (Å²) in [6.45, 7) is 3.24. The van der Waals surface area contributed by atoms with Gasteiger partial charge in [-0.05, 0) is 32.0 Å². The minimum atomic E-state index is -0.603. The van der Waals surface area contributed by atoms with Crippen molar-refractivity contribution in [3.05, 3.63) is 45.3 Å². The third-order valence-electron chi connectivity index (χ3n) is 3.84. The van der Waals surface area contributed by atoms with Gasteiger partial charge < -0.3 is 14.8 Å². The van der Waals surface area contributed by atoms with Gasteiger partial charge in [0.2, 0.25) is 5.69 Å². The highest BCUT2D eigenvalue weighted by molar-refractivity contribution is 5.97. The molecule has 1 heterocycles. The molecule has 1 N–H and O–H groups in total. The van der Waals surface area contributed by atoms with E-state index in [1.54, 1.807) is 25.1 Å². The molecule has 9 nitrogen and oxygen atoms in total. The van der Waals surface area contributed by atoms with E-state index >= 15 is 0 Å². The summed E-state index contributed by atoms with van der Waals surface area (Å²) < 4.78 is 11.7. The Morgan fingerprint density at radius 1 is 1.36 bits per heavy atom. The Kier molecular flexibility index (Phi) is 5.26. The zero-order valence-corrected chi connectivity index (χ0v) is 14.7. The maximum atomic E-state index is 12.6. The minimum absolute atomic E-state index is 0.101. The molecular formula is C16H20N4O5. The molecule has 1 aromatic heterocycles. The van der Waals surface area contributed by atoms with Crippen molar-refractivity contribution in [3.8, 4) is 11.5 Å². The van der Waals surface area contributed by atoms with Crippen molar-refractivity contribution in [2.24, 2.45) is 7.05 Å². The van der Waals surface area contributed by atoms with Crippen LogP contribution in [0, 0.1) is 17.0 Å². The van der Waals surface area contributed by atoms with E-state index in [4.69, 9.17) is 9.47 Å². The first-order chi connectivity index (χ1) is 11.8. The van der Waals surface area contributed by atoms with Crippen LogP contribution in [-0.4, -0.2) is 34.8 Å². The summed E-state index contributed by atoms with van der Waals surface area (Å²) in [5.41, 5.74) is 0.474. The molecule has 0 fully saturated rings. The maximum Gasteiger partial charge on any atom is 0.322 e. The number of benzene rings is 1. The van der Waals surface area contributed by atoms with E-state index in [2.05, 4.69) is 10.4 Å². The molecule has 1 amide bonds. The predicted octanol–water partition coefficient (Wildman–Crippen LogP) is 2.14. The topological polar surface area (TPSA) is 109 Å². The van der Waals surface area contributed by atoms with E-state index in [1.165, 1.54) is 32.9 Å². The fourth-order valence-electron chi connectivity index (χ4n) is 2.64. The van der Waals surface area contributed by atoms with Gasteiger partial charge in [-0.2, -0.15) is 5.10 Å². The first kappa shape index (κ1) is 18.2. The van der Waals surface area contributed by atoms with Gasteiger partial charge in [-0.25, -0.2) is 0 Å². The van der Waals surface area contributed by atoms with Crippen molar-refractivity contribution in [1.82, 2.24) is 15.1 Å². The molecule has 134 valence electrons. The van der Waals surface area contributed by atoms with Crippen LogP contribution in [0.15, 0.2) is 18.2 Å².